The fourth-order valence-electron chi connectivity index (χ4n) is 10.5. The van der Waals surface area contributed by atoms with Gasteiger partial charge < -0.3 is 110 Å². The Kier molecular flexibility index (Phi) is 16.0. The fraction of sp³-hybridized carbons (Fsp3) is 0.500. The Morgan fingerprint density at radius 3 is 0.955 bits per heavy atom. The lowest BCUT2D eigenvalue weighted by Gasteiger charge is -2.26. The Labute approximate surface area is 493 Å². The molecule has 4 fully saturated rings. The summed E-state index contributed by atoms with van der Waals surface area (Å²) in [6, 6.07) is 0. The predicted molar refractivity (Wildman–Crippen MR) is 291 cm³/mol. The van der Waals surface area contributed by atoms with Gasteiger partial charge in [0.25, 0.3) is 0 Å². The Morgan fingerprint density at radius 2 is 0.652 bits per heavy atom. The molecule has 89 heavy (non-hydrogen) atoms. The number of rotatable bonds is 20. The molecular formula is C40H53N24O22P3. The number of phosphoric acid groups is 3. The number of anilines is 8. The Bertz CT molecular complexity index is 4170. The summed E-state index contributed by atoms with van der Waals surface area (Å²) in [5.41, 5.74) is 48.0. The minimum absolute atomic E-state index is 0.000152. The molecular weight excluding hydrogens is 1260 g/mol. The summed E-state index contributed by atoms with van der Waals surface area (Å²) in [6.07, 6.45) is -25.5. The van der Waals surface area contributed by atoms with E-state index in [0.29, 0.717) is 0 Å². The molecule has 480 valence electrons. The summed E-state index contributed by atoms with van der Waals surface area (Å²) >= 11 is 0. The SMILES string of the molecule is Nc1ncnc2c1nc(N)n2C1OC(COP(=O)(O)OC2C(O)C(COP(=O)(O)OC3C(O)C(COP(=O)(O)OC4C(O)C(CO)OC4n4c(N)nc5c(N)ncnc54)OC3n3c(N)nc4c(N)ncnc43)OC2n2c(N)nc3c(N)ncnc32)C(O)C1O. The Morgan fingerprint density at radius 1 is 0.393 bits per heavy atom. The average Bonchev–Trinajstić information content (AvgIpc) is 1.82. The van der Waals surface area contributed by atoms with Gasteiger partial charge in [-0.1, -0.05) is 0 Å². The first-order chi connectivity index (χ1) is 42.2. The number of aliphatic hydroxyl groups is 6. The maximum absolute atomic E-state index is 14.2. The highest BCUT2D eigenvalue weighted by atomic mass is 31.2. The van der Waals surface area contributed by atoms with Gasteiger partial charge in [0, 0.05) is 0 Å². The van der Waals surface area contributed by atoms with Gasteiger partial charge in [-0.3, -0.25) is 45.4 Å². The first-order valence-electron chi connectivity index (χ1n) is 25.7. The summed E-state index contributed by atoms with van der Waals surface area (Å²) in [4.78, 5) is 82.1. The maximum Gasteiger partial charge on any atom is 0.472 e. The first kappa shape index (κ1) is 61.8. The minimum Gasteiger partial charge on any atom is -0.394 e. The lowest BCUT2D eigenvalue weighted by atomic mass is 10.1. The smallest absolute Gasteiger partial charge is 0.394 e. The van der Waals surface area contributed by atoms with Crippen molar-refractivity contribution in [2.45, 2.75) is 98.2 Å². The van der Waals surface area contributed by atoms with Crippen molar-refractivity contribution < 1.29 is 105 Å². The molecule has 0 spiro atoms. The molecule has 19 atom stereocenters. The number of hydrogen-bond acceptors (Lipinski definition) is 39. The molecule has 19 unspecified atom stereocenters. The van der Waals surface area contributed by atoms with Crippen LogP contribution in [0.15, 0.2) is 25.3 Å². The molecule has 8 aromatic heterocycles. The molecule has 0 aliphatic carbocycles. The third kappa shape index (κ3) is 11.1. The molecule has 0 bridgehead atoms. The van der Waals surface area contributed by atoms with Crippen LogP contribution < -0.4 is 45.9 Å². The molecule has 12 heterocycles. The lowest BCUT2D eigenvalue weighted by molar-refractivity contribution is -0.0647. The fourth-order valence-corrected chi connectivity index (χ4v) is 13.3. The minimum atomic E-state index is -5.69. The van der Waals surface area contributed by atoms with Gasteiger partial charge in [0.05, 0.1) is 26.4 Å². The second-order valence-corrected chi connectivity index (χ2v) is 24.2. The molecule has 0 radical (unpaired) electrons. The molecule has 4 aliphatic rings. The van der Waals surface area contributed by atoms with Gasteiger partial charge in [0.1, 0.15) is 98.6 Å². The molecule has 25 N–H and O–H groups in total. The molecule has 46 nitrogen and oxygen atoms in total. The van der Waals surface area contributed by atoms with Crippen LogP contribution in [0, 0.1) is 0 Å². The van der Waals surface area contributed by atoms with E-state index in [9.17, 15) is 59.0 Å². The zero-order valence-corrected chi connectivity index (χ0v) is 47.5. The second kappa shape index (κ2) is 23.1. The van der Waals surface area contributed by atoms with Crippen molar-refractivity contribution in [1.29, 1.82) is 0 Å². The third-order valence-corrected chi connectivity index (χ3v) is 17.5. The molecule has 0 amide bonds. The topological polar surface area (TPSA) is 708 Å². The van der Waals surface area contributed by atoms with Crippen molar-refractivity contribution in [3.63, 3.8) is 0 Å². The quantitative estimate of drug-likeness (QED) is 0.0316. The van der Waals surface area contributed by atoms with Gasteiger partial charge in [-0.05, 0) is 0 Å². The van der Waals surface area contributed by atoms with Crippen LogP contribution in [0.25, 0.3) is 44.7 Å². The number of aliphatic hydroxyl groups excluding tert-OH is 6. The van der Waals surface area contributed by atoms with E-state index in [4.69, 9.17) is 92.0 Å². The zero-order valence-electron chi connectivity index (χ0n) is 44.8. The van der Waals surface area contributed by atoms with Crippen LogP contribution in [0.1, 0.15) is 24.9 Å². The van der Waals surface area contributed by atoms with Gasteiger partial charge in [-0.15, -0.1) is 0 Å². The van der Waals surface area contributed by atoms with Crippen LogP contribution in [0.3, 0.4) is 0 Å². The van der Waals surface area contributed by atoms with E-state index in [1.54, 1.807) is 0 Å². The van der Waals surface area contributed by atoms with Crippen molar-refractivity contribution in [2.75, 3.05) is 72.3 Å². The number of nitrogens with two attached hydrogens (primary N) is 8. The number of phosphoric ester groups is 3. The number of nitrogens with zero attached hydrogens (tertiary/aromatic N) is 16. The molecule has 49 heteroatoms. The first-order valence-corrected chi connectivity index (χ1v) is 30.2. The Hall–Kier alpha value is -7.47. The number of fused-ring (bicyclic) bond motifs is 4. The number of ether oxygens (including phenoxy) is 4. The van der Waals surface area contributed by atoms with Crippen molar-refractivity contribution in [2.24, 2.45) is 0 Å². The zero-order chi connectivity index (χ0) is 63.5. The average molecular weight is 1310 g/mol. The van der Waals surface area contributed by atoms with Gasteiger partial charge in [0.2, 0.25) is 23.8 Å². The molecule has 0 saturated carbocycles. The van der Waals surface area contributed by atoms with Crippen LogP contribution in [0.4, 0.5) is 47.1 Å². The van der Waals surface area contributed by atoms with E-state index >= 15 is 0 Å². The highest BCUT2D eigenvalue weighted by Gasteiger charge is 2.56. The highest BCUT2D eigenvalue weighted by molar-refractivity contribution is 7.48. The summed E-state index contributed by atoms with van der Waals surface area (Å²) in [6.45, 7) is -4.14. The summed E-state index contributed by atoms with van der Waals surface area (Å²) in [5, 5.41) is 66.9. The monoisotopic (exact) mass is 1310 g/mol. The van der Waals surface area contributed by atoms with Crippen molar-refractivity contribution in [3.05, 3.63) is 25.3 Å². The Balaban J connectivity index is 0.768. The largest absolute Gasteiger partial charge is 0.472 e. The van der Waals surface area contributed by atoms with Crippen molar-refractivity contribution in [1.82, 2.24) is 78.1 Å². The van der Waals surface area contributed by atoms with Crippen LogP contribution in [-0.2, 0) is 59.8 Å². The number of imidazole rings is 4. The summed E-state index contributed by atoms with van der Waals surface area (Å²) < 4.78 is 102. The van der Waals surface area contributed by atoms with Crippen LogP contribution in [0.2, 0.25) is 0 Å². The highest BCUT2D eigenvalue weighted by Crippen LogP contribution is 2.55. The molecule has 0 aromatic carbocycles. The maximum atomic E-state index is 14.2. The van der Waals surface area contributed by atoms with Crippen molar-refractivity contribution >= 4 is 115 Å². The van der Waals surface area contributed by atoms with E-state index < -0.39 is 160 Å². The second-order valence-electron chi connectivity index (χ2n) is 20.0. The molecule has 12 rings (SSSR count). The molecule has 4 aliphatic heterocycles. The molecule has 4 saturated heterocycles. The van der Waals surface area contributed by atoms with E-state index in [2.05, 4.69) is 59.8 Å². The van der Waals surface area contributed by atoms with Gasteiger partial charge in [-0.25, -0.2) is 73.5 Å². The lowest BCUT2D eigenvalue weighted by Crippen LogP contribution is -2.37. The number of aromatic nitrogens is 16. The van der Waals surface area contributed by atoms with Crippen molar-refractivity contribution in [3.8, 4) is 0 Å². The van der Waals surface area contributed by atoms with Crippen LogP contribution >= 0.6 is 23.5 Å². The van der Waals surface area contributed by atoms with Crippen LogP contribution in [0.5, 0.6) is 0 Å². The van der Waals surface area contributed by atoms with E-state index in [-0.39, 0.29) is 79.8 Å². The third-order valence-electron chi connectivity index (χ3n) is 14.6. The van der Waals surface area contributed by atoms with Gasteiger partial charge in [-0.2, -0.15) is 0 Å². The van der Waals surface area contributed by atoms with Gasteiger partial charge >= 0.3 is 23.5 Å². The van der Waals surface area contributed by atoms with Crippen LogP contribution in [-0.4, -0.2) is 223 Å². The van der Waals surface area contributed by atoms with E-state index in [1.165, 1.54) is 0 Å². The predicted octanol–water partition coefficient (Wildman–Crippen LogP) is -6.10. The summed E-state index contributed by atoms with van der Waals surface area (Å²) in [7, 11) is -16.7. The normalized spacial score (nSPS) is 31.1. The van der Waals surface area contributed by atoms with E-state index in [1.807, 2.05) is 0 Å². The van der Waals surface area contributed by atoms with E-state index in [0.717, 1.165) is 43.6 Å². The number of hydrogen-bond donors (Lipinski definition) is 17. The summed E-state index contributed by atoms with van der Waals surface area (Å²) in [5.74, 6) is -2.12. The molecule has 8 aromatic rings. The standard InChI is InChI=1S/C40H53N24O22P3/c41-25-13-29(53-5-49-25)61(37(45)57-13)33-21(70)17(66)10(81-33)2-77-87(71,72)85-23-19(68)12(83-35(23)63-31-15(59-39(63)47)27(43)51-7-55-31)4-79-89(75,76)86-24-20(69)11(82-36(24)64-32-16(60-40(64)48)28(44)52-8-56-32)3-78-88(73,74)84-22-18(67)9(1-65)80-34(22)62-30-14(58-38(62)46)26(42)50-6-54-30/h5-12,17-24,33-36,65-70H,1-4H2,(H2,45,57)(H2,46,58)(H2,47,59)(H2,48,60)(H,71,72)(H,73,74)(H,75,76)(H2,41,49,53)(H2,42,50,54)(H2,43,51,55)(H2,44,52,56). The number of nitrogen functional groups attached to an aromatic ring is 8. The van der Waals surface area contributed by atoms with Gasteiger partial charge in [0.15, 0.2) is 92.8 Å².